The number of alkyl halides is 2. The quantitative estimate of drug-likeness (QED) is 0.269. The van der Waals surface area contributed by atoms with Crippen molar-refractivity contribution in [1.82, 2.24) is 15.2 Å². The fourth-order valence-corrected chi connectivity index (χ4v) is 5.70. The average molecular weight is 653 g/mol. The van der Waals surface area contributed by atoms with E-state index >= 15 is 0 Å². The Kier molecular flexibility index (Phi) is 8.39. The number of amides is 2. The summed E-state index contributed by atoms with van der Waals surface area (Å²) in [7, 11) is 0. The van der Waals surface area contributed by atoms with E-state index in [1.165, 1.54) is 23.2 Å². The van der Waals surface area contributed by atoms with E-state index in [1.54, 1.807) is 24.4 Å². The van der Waals surface area contributed by atoms with Crippen LogP contribution in [0.1, 0.15) is 40.0 Å². The number of rotatable bonds is 6. The molecule has 14 heteroatoms. The molecule has 2 atom stereocenters. The number of carbonyl (C=O) groups excluding carboxylic acids is 2. The molecule has 0 spiro atoms. The van der Waals surface area contributed by atoms with E-state index in [1.807, 2.05) is 0 Å². The van der Waals surface area contributed by atoms with E-state index < -0.39 is 47.6 Å². The van der Waals surface area contributed by atoms with Gasteiger partial charge >= 0.3 is 0 Å². The third-order valence-corrected chi connectivity index (χ3v) is 7.95. The van der Waals surface area contributed by atoms with Crippen LogP contribution >= 0.6 is 27.5 Å². The van der Waals surface area contributed by atoms with Gasteiger partial charge in [0.25, 0.3) is 23.4 Å². The van der Waals surface area contributed by atoms with Gasteiger partial charge in [-0.2, -0.15) is 0 Å². The van der Waals surface area contributed by atoms with Gasteiger partial charge in [-0.1, -0.05) is 33.6 Å². The van der Waals surface area contributed by atoms with Crippen LogP contribution in [-0.2, 0) is 4.74 Å². The lowest BCUT2D eigenvalue weighted by atomic mass is 9.99. The molecule has 1 aromatic heterocycles. The first-order valence-electron chi connectivity index (χ1n) is 12.9. The number of ether oxygens (including phenoxy) is 1. The van der Waals surface area contributed by atoms with Crippen molar-refractivity contribution in [2.75, 3.05) is 31.6 Å². The molecule has 3 heterocycles. The average Bonchev–Trinajstić information content (AvgIpc) is 2.93. The smallest absolute Gasteiger partial charge is 0.294 e. The molecule has 0 radical (unpaired) electrons. The number of likely N-dealkylation sites (tertiary alicyclic amines) is 1. The predicted molar refractivity (Wildman–Crippen MR) is 152 cm³/mol. The van der Waals surface area contributed by atoms with Crippen LogP contribution in [0.4, 0.5) is 20.2 Å². The first-order valence-corrected chi connectivity index (χ1v) is 14.0. The highest BCUT2D eigenvalue weighted by Gasteiger charge is 2.38. The maximum Gasteiger partial charge on any atom is 0.294 e. The van der Waals surface area contributed by atoms with Gasteiger partial charge < -0.3 is 20.3 Å². The summed E-state index contributed by atoms with van der Waals surface area (Å²) >= 11 is 9.31. The number of hydrogen-bond acceptors (Lipinski definition) is 7. The molecular weight excluding hydrogens is 628 g/mol. The molecule has 2 aliphatic rings. The molecule has 2 aliphatic heterocycles. The third-order valence-electron chi connectivity index (χ3n) is 7.26. The summed E-state index contributed by atoms with van der Waals surface area (Å²) in [6.45, 7) is 0.0655. The number of hydrogen-bond donors (Lipinski definition) is 2. The van der Waals surface area contributed by atoms with Crippen molar-refractivity contribution in [3.8, 4) is 0 Å². The van der Waals surface area contributed by atoms with Crippen LogP contribution in [0.25, 0.3) is 10.8 Å². The Morgan fingerprint density at radius 1 is 1.15 bits per heavy atom. The van der Waals surface area contributed by atoms with E-state index in [4.69, 9.17) is 16.3 Å². The largest absolute Gasteiger partial charge is 0.379 e. The van der Waals surface area contributed by atoms with Gasteiger partial charge in [0.1, 0.15) is 5.69 Å². The first kappa shape index (κ1) is 29.1. The maximum atomic E-state index is 13.7. The van der Waals surface area contributed by atoms with Crippen molar-refractivity contribution in [3.05, 3.63) is 73.5 Å². The van der Waals surface area contributed by atoms with E-state index in [9.17, 15) is 28.5 Å². The van der Waals surface area contributed by atoms with Gasteiger partial charge in [-0.3, -0.25) is 24.7 Å². The number of nitrogens with zero attached hydrogens (tertiary/aromatic N) is 3. The number of anilines is 1. The SMILES string of the molecule is O=C(N[C@H]1CCOC[C@H]1Nc1c(C(=O)N2CCC(F)(F)CC2)cc(Br)cc1[N+](=O)[O-])c1cncc2cc(Cl)ccc12. The zero-order valence-electron chi connectivity index (χ0n) is 21.5. The Hall–Kier alpha value is -3.42. The van der Waals surface area contributed by atoms with Crippen molar-refractivity contribution >= 4 is 61.5 Å². The molecule has 3 aromatic rings. The first-order chi connectivity index (χ1) is 19.5. The van der Waals surface area contributed by atoms with E-state index in [2.05, 4.69) is 31.5 Å². The van der Waals surface area contributed by atoms with Crippen LogP contribution in [0.5, 0.6) is 0 Å². The topological polar surface area (TPSA) is 127 Å². The van der Waals surface area contributed by atoms with Crippen LogP contribution in [0.3, 0.4) is 0 Å². The summed E-state index contributed by atoms with van der Waals surface area (Å²) in [4.78, 5) is 43.7. The number of nitrogens with one attached hydrogen (secondary N) is 2. The summed E-state index contributed by atoms with van der Waals surface area (Å²) in [5, 5.41) is 20.0. The number of halogens is 4. The lowest BCUT2D eigenvalue weighted by Gasteiger charge is -2.35. The third kappa shape index (κ3) is 6.41. The minimum Gasteiger partial charge on any atom is -0.379 e. The van der Waals surface area contributed by atoms with Gasteiger partial charge in [0.2, 0.25) is 0 Å². The van der Waals surface area contributed by atoms with Crippen molar-refractivity contribution in [3.63, 3.8) is 0 Å². The molecule has 2 N–H and O–H groups in total. The highest BCUT2D eigenvalue weighted by Crippen LogP contribution is 2.36. The number of carbonyl (C=O) groups is 2. The van der Waals surface area contributed by atoms with Crippen LogP contribution in [0, 0.1) is 10.1 Å². The van der Waals surface area contributed by atoms with Crippen LogP contribution in [-0.4, -0.2) is 70.9 Å². The van der Waals surface area contributed by atoms with Crippen LogP contribution in [0.2, 0.25) is 5.02 Å². The number of aromatic nitrogens is 1. The standard InChI is InChI=1S/C27H25BrClF2N5O5/c28-16-10-19(26(38)35-6-4-27(30,31)5-7-35)24(23(11-16)36(39)40)33-22-14-41-8-3-21(22)34-25(37)20-13-32-12-15-9-17(29)1-2-18(15)20/h1-2,9-13,21-22,33H,3-8,14H2,(H,34,37)/t21-,22+/m0/s1. The second kappa shape index (κ2) is 11.8. The minimum absolute atomic E-state index is 0.0397. The van der Waals surface area contributed by atoms with Crippen molar-refractivity contribution < 1.29 is 28.0 Å². The van der Waals surface area contributed by atoms with Crippen LogP contribution < -0.4 is 10.6 Å². The normalized spacial score (nSPS) is 20.4. The fraction of sp³-hybridized carbons (Fsp3) is 0.370. The molecule has 10 nitrogen and oxygen atoms in total. The Bertz CT molecular complexity index is 1520. The summed E-state index contributed by atoms with van der Waals surface area (Å²) < 4.78 is 33.4. The molecule has 2 fully saturated rings. The van der Waals surface area contributed by atoms with E-state index in [-0.39, 0.29) is 41.1 Å². The maximum absolute atomic E-state index is 13.7. The molecule has 0 bridgehead atoms. The number of piperidine rings is 1. The molecule has 2 amide bonds. The van der Waals surface area contributed by atoms with Gasteiger partial charge in [0.15, 0.2) is 0 Å². The fourth-order valence-electron chi connectivity index (χ4n) is 5.08. The van der Waals surface area contributed by atoms with E-state index in [0.29, 0.717) is 34.4 Å². The molecule has 5 rings (SSSR count). The van der Waals surface area contributed by atoms with Gasteiger partial charge in [-0.25, -0.2) is 8.78 Å². The Morgan fingerprint density at radius 3 is 2.63 bits per heavy atom. The lowest BCUT2D eigenvalue weighted by molar-refractivity contribution is -0.384. The van der Waals surface area contributed by atoms with E-state index in [0.717, 1.165) is 0 Å². The number of fused-ring (bicyclic) bond motifs is 1. The zero-order valence-corrected chi connectivity index (χ0v) is 23.9. The second-order valence-electron chi connectivity index (χ2n) is 10.00. The van der Waals surface area contributed by atoms with Crippen LogP contribution in [0.15, 0.2) is 47.2 Å². The zero-order chi connectivity index (χ0) is 29.3. The minimum atomic E-state index is -2.86. The summed E-state index contributed by atoms with van der Waals surface area (Å²) in [6, 6.07) is 6.61. The summed E-state index contributed by atoms with van der Waals surface area (Å²) in [5.74, 6) is -3.87. The van der Waals surface area contributed by atoms with Crippen molar-refractivity contribution in [1.29, 1.82) is 0 Å². The Labute approximate surface area is 246 Å². The number of benzene rings is 2. The van der Waals surface area contributed by atoms with Crippen molar-refractivity contribution in [2.45, 2.75) is 37.3 Å². The molecular formula is C27H25BrClF2N5O5. The summed E-state index contributed by atoms with van der Waals surface area (Å²) in [5.41, 5.74) is -0.161. The Balaban J connectivity index is 1.43. The van der Waals surface area contributed by atoms with Gasteiger partial charge in [0.05, 0.1) is 34.7 Å². The second-order valence-corrected chi connectivity index (χ2v) is 11.4. The van der Waals surface area contributed by atoms with Gasteiger partial charge in [-0.15, -0.1) is 0 Å². The molecule has 0 aliphatic carbocycles. The summed E-state index contributed by atoms with van der Waals surface area (Å²) in [6.07, 6.45) is 2.47. The van der Waals surface area contributed by atoms with Gasteiger partial charge in [0, 0.05) is 65.9 Å². The molecule has 2 saturated heterocycles. The highest BCUT2D eigenvalue weighted by molar-refractivity contribution is 9.10. The molecule has 216 valence electrons. The Morgan fingerprint density at radius 2 is 1.90 bits per heavy atom. The molecule has 0 saturated carbocycles. The molecule has 41 heavy (non-hydrogen) atoms. The lowest BCUT2D eigenvalue weighted by Crippen LogP contribution is -2.52. The monoisotopic (exact) mass is 651 g/mol. The number of nitro benzene ring substituents is 1. The van der Waals surface area contributed by atoms with Crippen molar-refractivity contribution in [2.24, 2.45) is 0 Å². The van der Waals surface area contributed by atoms with Gasteiger partial charge in [-0.05, 0) is 30.0 Å². The number of nitro groups is 1. The number of pyridine rings is 1. The predicted octanol–water partition coefficient (Wildman–Crippen LogP) is 5.43. The molecule has 2 aromatic carbocycles. The molecule has 0 unspecified atom stereocenters. The highest BCUT2D eigenvalue weighted by atomic mass is 79.9.